The highest BCUT2D eigenvalue weighted by molar-refractivity contribution is 6.17. The van der Waals surface area contributed by atoms with E-state index < -0.39 is 0 Å². The van der Waals surface area contributed by atoms with Gasteiger partial charge in [0.2, 0.25) is 5.91 Å². The van der Waals surface area contributed by atoms with Crippen molar-refractivity contribution in [1.29, 1.82) is 0 Å². The lowest BCUT2D eigenvalue weighted by atomic mass is 10.2. The van der Waals surface area contributed by atoms with Gasteiger partial charge in [0, 0.05) is 18.1 Å². The van der Waals surface area contributed by atoms with Crippen molar-refractivity contribution in [3.05, 3.63) is 29.8 Å². The molecule has 16 heavy (non-hydrogen) atoms. The predicted molar refractivity (Wildman–Crippen MR) is 67.1 cm³/mol. The lowest BCUT2D eigenvalue weighted by molar-refractivity contribution is -0.117. The minimum Gasteiger partial charge on any atom is -0.312 e. The van der Waals surface area contributed by atoms with E-state index in [1.54, 1.807) is 0 Å². The lowest BCUT2D eigenvalue weighted by Crippen LogP contribution is -2.27. The summed E-state index contributed by atoms with van der Waals surface area (Å²) >= 11 is 5.63. The monoisotopic (exact) mass is 237 g/mol. The summed E-state index contributed by atoms with van der Waals surface area (Å²) in [7, 11) is 0. The number of fused-ring (bicyclic) bond motifs is 1. The van der Waals surface area contributed by atoms with E-state index in [-0.39, 0.29) is 5.91 Å². The molecule has 2 nitrogen and oxygen atoms in total. The van der Waals surface area contributed by atoms with Crippen LogP contribution in [-0.4, -0.2) is 18.3 Å². The molecule has 2 rings (SSSR count). The average molecular weight is 238 g/mol. The van der Waals surface area contributed by atoms with Crippen LogP contribution in [0.25, 0.3) is 0 Å². The van der Waals surface area contributed by atoms with E-state index in [0.717, 1.165) is 37.1 Å². The van der Waals surface area contributed by atoms with Gasteiger partial charge < -0.3 is 4.90 Å². The smallest absolute Gasteiger partial charge is 0.231 e. The van der Waals surface area contributed by atoms with E-state index in [1.165, 1.54) is 0 Å². The van der Waals surface area contributed by atoms with Gasteiger partial charge in [0.25, 0.3) is 0 Å². The van der Waals surface area contributed by atoms with Gasteiger partial charge in [0.05, 0.1) is 6.42 Å². The predicted octanol–water partition coefficient (Wildman–Crippen LogP) is 2.98. The fourth-order valence-electron chi connectivity index (χ4n) is 2.10. The van der Waals surface area contributed by atoms with Crippen LogP contribution in [0.5, 0.6) is 0 Å². The van der Waals surface area contributed by atoms with Crippen LogP contribution in [-0.2, 0) is 11.2 Å². The first-order valence-electron chi connectivity index (χ1n) is 5.77. The minimum atomic E-state index is 0.229. The number of benzene rings is 1. The van der Waals surface area contributed by atoms with E-state index in [1.807, 2.05) is 29.2 Å². The van der Waals surface area contributed by atoms with E-state index in [4.69, 9.17) is 11.6 Å². The molecule has 1 aliphatic heterocycles. The summed E-state index contributed by atoms with van der Waals surface area (Å²) in [6, 6.07) is 8.04. The van der Waals surface area contributed by atoms with Gasteiger partial charge in [-0.15, -0.1) is 11.6 Å². The van der Waals surface area contributed by atoms with Crippen molar-refractivity contribution in [2.75, 3.05) is 17.3 Å². The van der Waals surface area contributed by atoms with Crippen LogP contribution in [0.15, 0.2) is 24.3 Å². The lowest BCUT2D eigenvalue weighted by Gasteiger charge is -2.16. The van der Waals surface area contributed by atoms with Crippen molar-refractivity contribution in [1.82, 2.24) is 0 Å². The summed E-state index contributed by atoms with van der Waals surface area (Å²) in [4.78, 5) is 13.7. The van der Waals surface area contributed by atoms with Crippen molar-refractivity contribution < 1.29 is 4.79 Å². The summed E-state index contributed by atoms with van der Waals surface area (Å²) < 4.78 is 0. The maximum absolute atomic E-state index is 11.8. The zero-order valence-corrected chi connectivity index (χ0v) is 10.0. The third-order valence-electron chi connectivity index (χ3n) is 2.94. The maximum atomic E-state index is 11.8. The number of amides is 1. The number of carbonyl (C=O) groups is 1. The number of hydrogen-bond acceptors (Lipinski definition) is 1. The van der Waals surface area contributed by atoms with Crippen LogP contribution < -0.4 is 4.90 Å². The molecule has 0 N–H and O–H groups in total. The average Bonchev–Trinajstić information content (AvgIpc) is 2.61. The van der Waals surface area contributed by atoms with Crippen LogP contribution in [0.2, 0.25) is 0 Å². The van der Waals surface area contributed by atoms with Crippen LogP contribution in [0.3, 0.4) is 0 Å². The van der Waals surface area contributed by atoms with E-state index in [9.17, 15) is 4.79 Å². The summed E-state index contributed by atoms with van der Waals surface area (Å²) in [5.74, 6) is 0.942. The molecule has 86 valence electrons. The van der Waals surface area contributed by atoms with Gasteiger partial charge >= 0.3 is 0 Å². The molecule has 0 spiro atoms. The summed E-state index contributed by atoms with van der Waals surface area (Å²) in [6.07, 6.45) is 3.72. The molecule has 1 amide bonds. The van der Waals surface area contributed by atoms with Gasteiger partial charge in [-0.05, 0) is 24.5 Å². The van der Waals surface area contributed by atoms with Gasteiger partial charge in [-0.1, -0.05) is 24.6 Å². The van der Waals surface area contributed by atoms with Crippen molar-refractivity contribution in [3.8, 4) is 0 Å². The molecule has 0 saturated heterocycles. The molecular weight excluding hydrogens is 222 g/mol. The quantitative estimate of drug-likeness (QED) is 0.570. The Labute approximate surface area is 101 Å². The van der Waals surface area contributed by atoms with E-state index in [0.29, 0.717) is 12.3 Å². The zero-order chi connectivity index (χ0) is 11.4. The number of alkyl halides is 1. The van der Waals surface area contributed by atoms with Gasteiger partial charge in [-0.25, -0.2) is 0 Å². The molecule has 0 atom stereocenters. The number of nitrogens with zero attached hydrogens (tertiary/aromatic N) is 1. The molecule has 0 radical (unpaired) electrons. The fraction of sp³-hybridized carbons (Fsp3) is 0.462. The second-order valence-corrected chi connectivity index (χ2v) is 4.48. The minimum absolute atomic E-state index is 0.229. The van der Waals surface area contributed by atoms with Gasteiger partial charge in [-0.3, -0.25) is 4.79 Å². The van der Waals surface area contributed by atoms with Gasteiger partial charge in [0.15, 0.2) is 0 Å². The molecule has 1 heterocycles. The summed E-state index contributed by atoms with van der Waals surface area (Å²) in [5, 5.41) is 0. The normalized spacial score (nSPS) is 14.3. The largest absolute Gasteiger partial charge is 0.312 e. The number of anilines is 1. The molecule has 1 aliphatic rings. The first kappa shape index (κ1) is 11.5. The zero-order valence-electron chi connectivity index (χ0n) is 9.29. The SMILES string of the molecule is O=C1Cc2ccccc2N1CCCCCCl. The molecule has 0 unspecified atom stereocenters. The fourth-order valence-corrected chi connectivity index (χ4v) is 2.29. The van der Waals surface area contributed by atoms with Crippen molar-refractivity contribution in [2.45, 2.75) is 25.7 Å². The number of rotatable bonds is 5. The van der Waals surface area contributed by atoms with Gasteiger partial charge in [0.1, 0.15) is 0 Å². The Hall–Kier alpha value is -1.02. The third-order valence-corrected chi connectivity index (χ3v) is 3.21. The van der Waals surface area contributed by atoms with E-state index >= 15 is 0 Å². The molecule has 0 bridgehead atoms. The Morgan fingerprint density at radius 2 is 2.00 bits per heavy atom. The highest BCUT2D eigenvalue weighted by Crippen LogP contribution is 2.28. The van der Waals surface area contributed by atoms with Crippen molar-refractivity contribution in [3.63, 3.8) is 0 Å². The molecule has 1 aromatic rings. The van der Waals surface area contributed by atoms with Crippen LogP contribution >= 0.6 is 11.6 Å². The standard InChI is InChI=1S/C13H16ClNO/c14-8-4-1-5-9-15-12-7-3-2-6-11(12)10-13(15)16/h2-3,6-7H,1,4-5,8-10H2. The number of unbranched alkanes of at least 4 members (excludes halogenated alkanes) is 2. The first-order chi connectivity index (χ1) is 7.83. The molecule has 3 heteroatoms. The Bertz CT molecular complexity index is 378. The molecular formula is C13H16ClNO. The maximum Gasteiger partial charge on any atom is 0.231 e. The highest BCUT2D eigenvalue weighted by atomic mass is 35.5. The summed E-state index contributed by atoms with van der Waals surface area (Å²) in [6.45, 7) is 0.826. The van der Waals surface area contributed by atoms with Crippen molar-refractivity contribution >= 4 is 23.2 Å². The van der Waals surface area contributed by atoms with Crippen LogP contribution in [0, 0.1) is 0 Å². The van der Waals surface area contributed by atoms with Gasteiger partial charge in [-0.2, -0.15) is 0 Å². The Balaban J connectivity index is 1.97. The molecule has 1 aromatic carbocycles. The summed E-state index contributed by atoms with van der Waals surface area (Å²) in [5.41, 5.74) is 2.25. The second-order valence-electron chi connectivity index (χ2n) is 4.10. The van der Waals surface area contributed by atoms with Crippen LogP contribution in [0.1, 0.15) is 24.8 Å². The number of carbonyl (C=O) groups excluding carboxylic acids is 1. The van der Waals surface area contributed by atoms with Crippen LogP contribution in [0.4, 0.5) is 5.69 Å². The Kier molecular flexibility index (Phi) is 3.83. The Morgan fingerprint density at radius 3 is 2.81 bits per heavy atom. The highest BCUT2D eigenvalue weighted by Gasteiger charge is 2.25. The topological polar surface area (TPSA) is 20.3 Å². The second kappa shape index (κ2) is 5.35. The molecule has 0 fully saturated rings. The molecule has 0 aromatic heterocycles. The first-order valence-corrected chi connectivity index (χ1v) is 6.30. The van der Waals surface area contributed by atoms with E-state index in [2.05, 4.69) is 0 Å². The van der Waals surface area contributed by atoms with Crippen molar-refractivity contribution in [2.24, 2.45) is 0 Å². The molecule has 0 aliphatic carbocycles. The molecule has 0 saturated carbocycles. The Morgan fingerprint density at radius 1 is 1.19 bits per heavy atom. The number of halogens is 1. The number of para-hydroxylation sites is 1. The number of hydrogen-bond donors (Lipinski definition) is 0. The third kappa shape index (κ3) is 2.38.